The quantitative estimate of drug-likeness (QED) is 0.773. The Morgan fingerprint density at radius 1 is 1.31 bits per heavy atom. The van der Waals surface area contributed by atoms with Gasteiger partial charge in [-0.1, -0.05) is 18.7 Å². The van der Waals surface area contributed by atoms with Gasteiger partial charge in [0.2, 0.25) is 0 Å². The van der Waals surface area contributed by atoms with Crippen molar-refractivity contribution in [1.29, 1.82) is 0 Å². The first-order valence-corrected chi connectivity index (χ1v) is 4.85. The Hall–Kier alpha value is -1.74. The Morgan fingerprint density at radius 2 is 1.94 bits per heavy atom. The Morgan fingerprint density at radius 3 is 2.44 bits per heavy atom. The van der Waals surface area contributed by atoms with Gasteiger partial charge in [-0.2, -0.15) is 0 Å². The van der Waals surface area contributed by atoms with Gasteiger partial charge < -0.3 is 14.6 Å². The molecule has 0 saturated carbocycles. The minimum Gasteiger partial charge on any atom is -0.493 e. The van der Waals surface area contributed by atoms with Crippen LogP contribution in [0.2, 0.25) is 0 Å². The van der Waals surface area contributed by atoms with Crippen molar-refractivity contribution in [2.45, 2.75) is 6.10 Å². The molecule has 3 nitrogen and oxygen atoms in total. The summed E-state index contributed by atoms with van der Waals surface area (Å²) in [5, 5.41) is 9.58. The molecule has 1 N–H and O–H groups in total. The van der Waals surface area contributed by atoms with Gasteiger partial charge in [-0.25, -0.2) is 0 Å². The fourth-order valence-electron chi connectivity index (χ4n) is 1.35. The Bertz CT molecular complexity index is 396. The third-order valence-corrected chi connectivity index (χ3v) is 2.33. The van der Waals surface area contributed by atoms with E-state index in [0.717, 1.165) is 5.56 Å². The molecule has 0 aliphatic rings. The minimum absolute atomic E-state index is 0.580. The van der Waals surface area contributed by atoms with Gasteiger partial charge in [0.1, 0.15) is 0 Å². The van der Waals surface area contributed by atoms with Gasteiger partial charge in [-0.05, 0) is 23.3 Å². The number of methoxy groups -OCH3 is 2. The summed E-state index contributed by atoms with van der Waals surface area (Å²) in [5.41, 5.74) is 1.38. The zero-order chi connectivity index (χ0) is 12.1. The monoisotopic (exact) mass is 220 g/mol. The summed E-state index contributed by atoms with van der Waals surface area (Å²) < 4.78 is 10.3. The predicted octanol–water partition coefficient (Wildman–Crippen LogP) is 2.26. The van der Waals surface area contributed by atoms with E-state index in [2.05, 4.69) is 13.2 Å². The summed E-state index contributed by atoms with van der Waals surface area (Å²) in [7, 11) is 3.14. The molecule has 0 spiro atoms. The molecule has 1 rings (SSSR count). The summed E-state index contributed by atoms with van der Waals surface area (Å²) in [5.74, 6) is 1.25. The largest absolute Gasteiger partial charge is 0.493 e. The van der Waals surface area contributed by atoms with Crippen LogP contribution in [-0.4, -0.2) is 25.4 Å². The lowest BCUT2D eigenvalue weighted by atomic mass is 10.0. The zero-order valence-electron chi connectivity index (χ0n) is 9.56. The van der Waals surface area contributed by atoms with Gasteiger partial charge in [-0.15, -0.1) is 6.58 Å². The van der Waals surface area contributed by atoms with Crippen LogP contribution in [-0.2, 0) is 0 Å². The first-order valence-electron chi connectivity index (χ1n) is 4.85. The van der Waals surface area contributed by atoms with E-state index in [0.29, 0.717) is 17.1 Å². The molecule has 1 aromatic rings. The molecule has 0 fully saturated rings. The zero-order valence-corrected chi connectivity index (χ0v) is 9.56. The van der Waals surface area contributed by atoms with Crippen LogP contribution in [0.3, 0.4) is 0 Å². The molecule has 0 radical (unpaired) electrons. The van der Waals surface area contributed by atoms with E-state index < -0.39 is 6.10 Å². The van der Waals surface area contributed by atoms with E-state index in [9.17, 15) is 5.11 Å². The highest BCUT2D eigenvalue weighted by Gasteiger charge is 2.10. The molecule has 0 aromatic heterocycles. The fraction of sp³-hybridized carbons (Fsp3) is 0.231. The van der Waals surface area contributed by atoms with E-state index >= 15 is 0 Å². The van der Waals surface area contributed by atoms with Crippen molar-refractivity contribution in [2.24, 2.45) is 0 Å². The van der Waals surface area contributed by atoms with Crippen molar-refractivity contribution < 1.29 is 14.6 Å². The lowest BCUT2D eigenvalue weighted by Gasteiger charge is -2.13. The van der Waals surface area contributed by atoms with E-state index in [1.54, 1.807) is 26.4 Å². The van der Waals surface area contributed by atoms with Gasteiger partial charge >= 0.3 is 0 Å². The van der Waals surface area contributed by atoms with Gasteiger partial charge in [0.15, 0.2) is 11.5 Å². The van der Waals surface area contributed by atoms with E-state index in [4.69, 9.17) is 9.47 Å². The molecule has 86 valence electrons. The number of ether oxygens (including phenoxy) is 2. The molecular formula is C13H16O3. The molecule has 1 unspecified atom stereocenters. The molecule has 0 amide bonds. The van der Waals surface area contributed by atoms with Crippen molar-refractivity contribution in [3.63, 3.8) is 0 Å². The molecule has 16 heavy (non-hydrogen) atoms. The summed E-state index contributed by atoms with van der Waals surface area (Å²) in [6.45, 7) is 7.33. The molecule has 1 aromatic carbocycles. The number of hydrogen-bond donors (Lipinski definition) is 1. The van der Waals surface area contributed by atoms with Gasteiger partial charge in [0.25, 0.3) is 0 Å². The summed E-state index contributed by atoms with van der Waals surface area (Å²) in [4.78, 5) is 0. The summed E-state index contributed by atoms with van der Waals surface area (Å²) in [6.07, 6.45) is 0.678. The second-order valence-electron chi connectivity index (χ2n) is 3.28. The standard InChI is InChI=1S/C13H16O3/c1-5-11(14)9(2)10-6-7-12(15-3)13(8-10)16-4/h5-8,11,14H,1-2H2,3-4H3. The number of aliphatic hydroxyl groups excluding tert-OH is 1. The average Bonchev–Trinajstić information content (AvgIpc) is 2.35. The highest BCUT2D eigenvalue weighted by atomic mass is 16.5. The molecule has 3 heteroatoms. The fourth-order valence-corrected chi connectivity index (χ4v) is 1.35. The van der Waals surface area contributed by atoms with Crippen molar-refractivity contribution in [1.82, 2.24) is 0 Å². The van der Waals surface area contributed by atoms with Crippen LogP contribution in [0.15, 0.2) is 37.4 Å². The number of aliphatic hydroxyl groups is 1. The highest BCUT2D eigenvalue weighted by molar-refractivity contribution is 5.70. The maximum Gasteiger partial charge on any atom is 0.161 e. The van der Waals surface area contributed by atoms with Gasteiger partial charge in [0.05, 0.1) is 20.3 Å². The normalized spacial score (nSPS) is 11.7. The van der Waals surface area contributed by atoms with Gasteiger partial charge in [0, 0.05) is 0 Å². The third-order valence-electron chi connectivity index (χ3n) is 2.33. The second kappa shape index (κ2) is 5.37. The Balaban J connectivity index is 3.08. The first kappa shape index (κ1) is 12.3. The van der Waals surface area contributed by atoms with E-state index in [-0.39, 0.29) is 0 Å². The van der Waals surface area contributed by atoms with E-state index in [1.165, 1.54) is 6.08 Å². The smallest absolute Gasteiger partial charge is 0.161 e. The van der Waals surface area contributed by atoms with Crippen LogP contribution in [0.1, 0.15) is 5.56 Å². The maximum absolute atomic E-state index is 9.58. The van der Waals surface area contributed by atoms with Crippen molar-refractivity contribution in [3.8, 4) is 11.5 Å². The maximum atomic E-state index is 9.58. The minimum atomic E-state index is -0.752. The second-order valence-corrected chi connectivity index (χ2v) is 3.28. The van der Waals surface area contributed by atoms with Crippen molar-refractivity contribution >= 4 is 5.57 Å². The predicted molar refractivity (Wildman–Crippen MR) is 64.8 cm³/mol. The van der Waals surface area contributed by atoms with Crippen LogP contribution < -0.4 is 9.47 Å². The van der Waals surface area contributed by atoms with E-state index in [1.807, 2.05) is 6.07 Å². The number of hydrogen-bond acceptors (Lipinski definition) is 3. The van der Waals surface area contributed by atoms with Gasteiger partial charge in [-0.3, -0.25) is 0 Å². The molecule has 0 heterocycles. The number of rotatable bonds is 5. The van der Waals surface area contributed by atoms with Crippen LogP contribution in [0, 0.1) is 0 Å². The Kier molecular flexibility index (Phi) is 4.14. The molecule has 0 bridgehead atoms. The van der Waals surface area contributed by atoms with Crippen LogP contribution in [0.25, 0.3) is 5.57 Å². The lowest BCUT2D eigenvalue weighted by molar-refractivity contribution is 0.281. The third kappa shape index (κ3) is 2.44. The lowest BCUT2D eigenvalue weighted by Crippen LogP contribution is -2.04. The summed E-state index contributed by atoms with van der Waals surface area (Å²) in [6, 6.07) is 5.36. The molecular weight excluding hydrogens is 204 g/mol. The highest BCUT2D eigenvalue weighted by Crippen LogP contribution is 2.30. The number of benzene rings is 1. The molecule has 0 aliphatic carbocycles. The summed E-state index contributed by atoms with van der Waals surface area (Å²) >= 11 is 0. The first-order chi connectivity index (χ1) is 7.63. The SMILES string of the molecule is C=CC(O)C(=C)c1ccc(OC)c(OC)c1. The average molecular weight is 220 g/mol. The molecule has 1 atom stereocenters. The molecule has 0 saturated heterocycles. The van der Waals surface area contributed by atoms with Crippen LogP contribution in [0.4, 0.5) is 0 Å². The molecule has 0 aliphatic heterocycles. The van der Waals surface area contributed by atoms with Crippen LogP contribution in [0.5, 0.6) is 11.5 Å². The van der Waals surface area contributed by atoms with Crippen LogP contribution >= 0.6 is 0 Å². The van der Waals surface area contributed by atoms with Crippen molar-refractivity contribution in [2.75, 3.05) is 14.2 Å². The van der Waals surface area contributed by atoms with Crippen molar-refractivity contribution in [3.05, 3.63) is 43.0 Å². The topological polar surface area (TPSA) is 38.7 Å². The Labute approximate surface area is 95.6 Å².